The molecular formula is C29H35NO4S. The summed E-state index contributed by atoms with van der Waals surface area (Å²) in [5.74, 6) is 1.38. The fourth-order valence-corrected chi connectivity index (χ4v) is 6.30. The van der Waals surface area contributed by atoms with Crippen LogP contribution >= 0.6 is 0 Å². The lowest BCUT2D eigenvalue weighted by atomic mass is 9.98. The molecule has 3 aromatic rings. The Kier molecular flexibility index (Phi) is 9.52. The quantitative estimate of drug-likeness (QED) is 0.280. The molecule has 0 aliphatic rings. The van der Waals surface area contributed by atoms with E-state index in [0.29, 0.717) is 12.8 Å². The van der Waals surface area contributed by atoms with Gasteiger partial charge in [-0.05, 0) is 59.7 Å². The van der Waals surface area contributed by atoms with Gasteiger partial charge < -0.3 is 9.47 Å². The van der Waals surface area contributed by atoms with Gasteiger partial charge in [-0.25, -0.2) is 8.42 Å². The number of hydrogen-bond acceptors (Lipinski definition) is 4. The first-order valence-corrected chi connectivity index (χ1v) is 13.3. The molecule has 0 aliphatic carbocycles. The average Bonchev–Trinajstić information content (AvgIpc) is 2.88. The highest BCUT2D eigenvalue weighted by molar-refractivity contribution is 7.89. The van der Waals surface area contributed by atoms with Crippen LogP contribution in [-0.4, -0.2) is 32.2 Å². The Morgan fingerprint density at radius 1 is 0.800 bits per heavy atom. The zero-order valence-corrected chi connectivity index (χ0v) is 21.6. The van der Waals surface area contributed by atoms with E-state index in [2.05, 4.69) is 6.58 Å². The molecule has 0 bridgehead atoms. The molecule has 3 rings (SSSR count). The SMILES string of the molecule is C=CC[C@@H](C)[C@@H](Cc1ccccc1)S(=O)(=O)N(Cc1ccc(OC)cc1)Cc1ccc(OC)cc1. The normalized spacial score (nSPS) is 13.3. The largest absolute Gasteiger partial charge is 0.497 e. The van der Waals surface area contributed by atoms with Crippen molar-refractivity contribution in [1.29, 1.82) is 0 Å². The van der Waals surface area contributed by atoms with Gasteiger partial charge in [-0.15, -0.1) is 6.58 Å². The van der Waals surface area contributed by atoms with Crippen LogP contribution in [0.2, 0.25) is 0 Å². The van der Waals surface area contributed by atoms with Gasteiger partial charge in [-0.2, -0.15) is 4.31 Å². The summed E-state index contributed by atoms with van der Waals surface area (Å²) in [6, 6.07) is 24.9. The Hall–Kier alpha value is -3.09. The van der Waals surface area contributed by atoms with E-state index < -0.39 is 15.3 Å². The first kappa shape index (κ1) is 26.5. The lowest BCUT2D eigenvalue weighted by Crippen LogP contribution is -2.42. The molecule has 5 nitrogen and oxygen atoms in total. The molecule has 0 amide bonds. The van der Waals surface area contributed by atoms with Gasteiger partial charge in [-0.3, -0.25) is 0 Å². The van der Waals surface area contributed by atoms with Crippen molar-refractivity contribution in [3.8, 4) is 11.5 Å². The Labute approximate surface area is 210 Å². The van der Waals surface area contributed by atoms with E-state index in [0.717, 1.165) is 28.2 Å². The second-order valence-corrected chi connectivity index (χ2v) is 10.9. The molecule has 0 aromatic heterocycles. The first-order chi connectivity index (χ1) is 16.9. The summed E-state index contributed by atoms with van der Waals surface area (Å²) in [4.78, 5) is 0. The van der Waals surface area contributed by atoms with Crippen LogP contribution in [0.15, 0.2) is 91.5 Å². The van der Waals surface area contributed by atoms with Crippen molar-refractivity contribution in [1.82, 2.24) is 4.31 Å². The molecule has 0 fully saturated rings. The number of sulfonamides is 1. The third-order valence-corrected chi connectivity index (χ3v) is 8.61. The standard InChI is InChI=1S/C29H35NO4S/c1-5-9-23(2)29(20-24-10-7-6-8-11-24)35(31,32)30(21-25-12-16-27(33-3)17-13-25)22-26-14-18-28(34-4)19-15-26/h5-8,10-19,23,29H,1,9,20-22H2,2-4H3/t23-,29-/m1/s1. The minimum Gasteiger partial charge on any atom is -0.497 e. The summed E-state index contributed by atoms with van der Waals surface area (Å²) in [6.07, 6.45) is 2.87. The van der Waals surface area contributed by atoms with Crippen molar-refractivity contribution in [2.75, 3.05) is 14.2 Å². The van der Waals surface area contributed by atoms with E-state index >= 15 is 0 Å². The molecule has 0 unspecified atom stereocenters. The summed E-state index contributed by atoms with van der Waals surface area (Å²) in [7, 11) is -0.456. The smallest absolute Gasteiger partial charge is 0.218 e. The van der Waals surface area contributed by atoms with Gasteiger partial charge in [0.1, 0.15) is 11.5 Å². The van der Waals surface area contributed by atoms with Crippen LogP contribution in [0.25, 0.3) is 0 Å². The summed E-state index contributed by atoms with van der Waals surface area (Å²) < 4.78 is 40.6. The van der Waals surface area contributed by atoms with Crippen molar-refractivity contribution in [2.24, 2.45) is 5.92 Å². The number of methoxy groups -OCH3 is 2. The van der Waals surface area contributed by atoms with E-state index in [9.17, 15) is 8.42 Å². The van der Waals surface area contributed by atoms with Crippen molar-refractivity contribution < 1.29 is 17.9 Å². The fourth-order valence-electron chi connectivity index (χ4n) is 4.16. The summed E-state index contributed by atoms with van der Waals surface area (Å²) >= 11 is 0. The van der Waals surface area contributed by atoms with Gasteiger partial charge in [0.25, 0.3) is 0 Å². The van der Waals surface area contributed by atoms with Crippen LogP contribution < -0.4 is 9.47 Å². The summed E-state index contributed by atoms with van der Waals surface area (Å²) in [5, 5.41) is -0.584. The molecule has 0 saturated heterocycles. The highest BCUT2D eigenvalue weighted by Gasteiger charge is 2.35. The van der Waals surface area contributed by atoms with Crippen LogP contribution in [0.4, 0.5) is 0 Å². The summed E-state index contributed by atoms with van der Waals surface area (Å²) in [6.45, 7) is 6.38. The number of rotatable bonds is 13. The number of benzene rings is 3. The minimum absolute atomic E-state index is 0.0908. The molecular weight excluding hydrogens is 458 g/mol. The molecule has 0 N–H and O–H groups in total. The molecule has 0 radical (unpaired) electrons. The average molecular weight is 494 g/mol. The topological polar surface area (TPSA) is 55.8 Å². The predicted octanol–water partition coefficient (Wildman–Crippen LogP) is 5.86. The third kappa shape index (κ3) is 7.20. The van der Waals surface area contributed by atoms with Crippen LogP contribution in [0, 0.1) is 5.92 Å². The van der Waals surface area contributed by atoms with Gasteiger partial charge in [0.05, 0.1) is 19.5 Å². The van der Waals surface area contributed by atoms with Crippen molar-refractivity contribution in [2.45, 2.75) is 38.1 Å². The predicted molar refractivity (Wildman–Crippen MR) is 142 cm³/mol. The maximum absolute atomic E-state index is 14.2. The van der Waals surface area contributed by atoms with Crippen LogP contribution in [0.5, 0.6) is 11.5 Å². The van der Waals surface area contributed by atoms with Crippen molar-refractivity contribution in [3.05, 3.63) is 108 Å². The Balaban J connectivity index is 1.98. The van der Waals surface area contributed by atoms with Gasteiger partial charge >= 0.3 is 0 Å². The van der Waals surface area contributed by atoms with E-state index in [1.165, 1.54) is 0 Å². The maximum atomic E-state index is 14.2. The minimum atomic E-state index is -3.69. The number of allylic oxidation sites excluding steroid dienone is 1. The van der Waals surface area contributed by atoms with Crippen LogP contribution in [0.3, 0.4) is 0 Å². The Morgan fingerprint density at radius 2 is 1.29 bits per heavy atom. The molecule has 35 heavy (non-hydrogen) atoms. The molecule has 0 saturated carbocycles. The van der Waals surface area contributed by atoms with Gasteiger partial charge in [0.2, 0.25) is 10.0 Å². The zero-order chi connectivity index (χ0) is 25.3. The molecule has 3 aromatic carbocycles. The lowest BCUT2D eigenvalue weighted by molar-refractivity contribution is 0.377. The van der Waals surface area contributed by atoms with Gasteiger partial charge in [0.15, 0.2) is 0 Å². The highest BCUT2D eigenvalue weighted by Crippen LogP contribution is 2.28. The van der Waals surface area contributed by atoms with Crippen molar-refractivity contribution in [3.63, 3.8) is 0 Å². The van der Waals surface area contributed by atoms with Gasteiger partial charge in [0, 0.05) is 13.1 Å². The number of ether oxygens (including phenoxy) is 2. The Bertz CT molecular complexity index is 1110. The molecule has 186 valence electrons. The van der Waals surface area contributed by atoms with E-state index in [-0.39, 0.29) is 19.0 Å². The van der Waals surface area contributed by atoms with E-state index in [1.54, 1.807) is 24.6 Å². The van der Waals surface area contributed by atoms with Crippen LogP contribution in [0.1, 0.15) is 30.0 Å². The van der Waals surface area contributed by atoms with E-state index in [4.69, 9.17) is 9.47 Å². The van der Waals surface area contributed by atoms with E-state index in [1.807, 2.05) is 85.8 Å². The summed E-state index contributed by atoms with van der Waals surface area (Å²) in [5.41, 5.74) is 2.81. The first-order valence-electron chi connectivity index (χ1n) is 11.8. The van der Waals surface area contributed by atoms with Gasteiger partial charge in [-0.1, -0.05) is 67.6 Å². The van der Waals surface area contributed by atoms with Crippen molar-refractivity contribution >= 4 is 10.0 Å². The number of nitrogens with zero attached hydrogens (tertiary/aromatic N) is 1. The number of hydrogen-bond donors (Lipinski definition) is 0. The monoisotopic (exact) mass is 493 g/mol. The highest BCUT2D eigenvalue weighted by atomic mass is 32.2. The maximum Gasteiger partial charge on any atom is 0.218 e. The molecule has 6 heteroatoms. The second kappa shape index (κ2) is 12.6. The molecule has 2 atom stereocenters. The third-order valence-electron chi connectivity index (χ3n) is 6.23. The molecule has 0 heterocycles. The van der Waals surface area contributed by atoms with Crippen LogP contribution in [-0.2, 0) is 29.5 Å². The second-order valence-electron chi connectivity index (χ2n) is 8.74. The fraction of sp³-hybridized carbons (Fsp3) is 0.310. The zero-order valence-electron chi connectivity index (χ0n) is 20.8. The Morgan fingerprint density at radius 3 is 1.71 bits per heavy atom. The molecule has 0 aliphatic heterocycles. The molecule has 0 spiro atoms. The lowest BCUT2D eigenvalue weighted by Gasteiger charge is -2.31.